The van der Waals surface area contributed by atoms with E-state index in [0.29, 0.717) is 0 Å². The lowest BCUT2D eigenvalue weighted by Gasteiger charge is -2.14. The molecule has 0 fully saturated rings. The van der Waals surface area contributed by atoms with Gasteiger partial charge < -0.3 is 5.23 Å². The maximum absolute atomic E-state index is 10.6. The van der Waals surface area contributed by atoms with Crippen LogP contribution >= 0.6 is 0 Å². The molecule has 0 aliphatic heterocycles. The Kier molecular flexibility index (Phi) is 6.52. The molecule has 0 aromatic carbocycles. The normalized spacial score (nSPS) is 9.30. The van der Waals surface area contributed by atoms with Crippen LogP contribution in [-0.4, -0.2) is 13.9 Å². The molecule has 10 heavy (non-hydrogen) atoms. The van der Waals surface area contributed by atoms with E-state index in [0.717, 1.165) is 0 Å². The Balaban J connectivity index is 0. The van der Waals surface area contributed by atoms with Gasteiger partial charge in [0.25, 0.3) is 0 Å². The fourth-order valence-electron chi connectivity index (χ4n) is 0.217. The maximum Gasteiger partial charge on any atom is 0.226 e. The van der Waals surface area contributed by atoms with Gasteiger partial charge in [-0.3, -0.25) is 4.79 Å². The number of hydrogen-bond acceptors (Lipinski definition) is 1. The summed E-state index contributed by atoms with van der Waals surface area (Å²) in [6.45, 7) is 9.40. The molecule has 0 bridgehead atoms. The second-order valence-corrected chi connectivity index (χ2v) is 2.72. The largest absolute Gasteiger partial charge is 0.409 e. The van der Waals surface area contributed by atoms with Crippen molar-refractivity contribution < 1.29 is 4.79 Å². The average molecular weight is 141 g/mol. The average Bonchev–Trinajstić information content (AvgIpc) is 1.89. The summed E-state index contributed by atoms with van der Waals surface area (Å²) < 4.78 is 0. The first kappa shape index (κ1) is 12.2. The molecule has 58 valence electrons. The van der Waals surface area contributed by atoms with Gasteiger partial charge in [-0.15, -0.1) is 0 Å². The van der Waals surface area contributed by atoms with E-state index < -0.39 is 0 Å². The zero-order valence-electron chi connectivity index (χ0n) is 7.49. The number of amides is 1. The second kappa shape index (κ2) is 5.33. The van der Waals surface area contributed by atoms with Gasteiger partial charge in [0.2, 0.25) is 13.9 Å². The van der Waals surface area contributed by atoms with Gasteiger partial charge in [-0.1, -0.05) is 34.6 Å². The topological polar surface area (TPSA) is 29.1 Å². The van der Waals surface area contributed by atoms with Crippen molar-refractivity contribution in [2.24, 2.45) is 5.41 Å². The molecule has 0 aliphatic carbocycles. The molecule has 1 amide bonds. The summed E-state index contributed by atoms with van der Waals surface area (Å²) in [6, 6.07) is 0. The molecule has 0 aliphatic rings. The van der Waals surface area contributed by atoms with Gasteiger partial charge in [-0.05, 0) is 0 Å². The van der Waals surface area contributed by atoms with Gasteiger partial charge in [-0.2, -0.15) is 0 Å². The lowest BCUT2D eigenvalue weighted by molar-refractivity contribution is -0.126. The molecule has 0 aromatic rings. The summed E-state index contributed by atoms with van der Waals surface area (Å²) in [5.41, 5.74) is -0.366. The highest BCUT2D eigenvalue weighted by atomic mass is 16.1. The molecule has 0 spiro atoms. The summed E-state index contributed by atoms with van der Waals surface area (Å²) in [6.07, 6.45) is 0. The van der Waals surface area contributed by atoms with E-state index >= 15 is 0 Å². The molecule has 0 heterocycles. The van der Waals surface area contributed by atoms with E-state index in [-0.39, 0.29) is 11.3 Å². The quantitative estimate of drug-likeness (QED) is 0.505. The predicted molar refractivity (Wildman–Crippen MR) is 44.7 cm³/mol. The third-order valence-electron chi connectivity index (χ3n) is 0.812. The number of rotatable bonds is 0. The Morgan fingerprint density at radius 1 is 1.30 bits per heavy atom. The molecule has 0 aromatic heterocycles. The first-order valence-electron chi connectivity index (χ1n) is 3.49. The van der Waals surface area contributed by atoms with Crippen LogP contribution in [0.25, 0.3) is 0 Å². The molecule has 1 N–H and O–H groups in total. The summed E-state index contributed by atoms with van der Waals surface area (Å²) in [5.74, 6) is -0.141. The lowest BCUT2D eigenvalue weighted by atomic mass is 9.95. The number of hydrogen-bond donors (Lipinski definition) is 1. The zero-order chi connectivity index (χ0) is 8.78. The molecular formula is C7H16BNO. The van der Waals surface area contributed by atoms with Crippen molar-refractivity contribution in [3.63, 3.8) is 0 Å². The van der Waals surface area contributed by atoms with E-state index in [9.17, 15) is 4.79 Å². The van der Waals surface area contributed by atoms with Crippen LogP contribution in [0.5, 0.6) is 0 Å². The van der Waals surface area contributed by atoms with E-state index in [4.69, 9.17) is 7.98 Å². The minimum atomic E-state index is -0.366. The van der Waals surface area contributed by atoms with Gasteiger partial charge in [0.15, 0.2) is 0 Å². The molecule has 0 saturated carbocycles. The third-order valence-corrected chi connectivity index (χ3v) is 0.812. The Morgan fingerprint density at radius 3 is 1.60 bits per heavy atom. The van der Waals surface area contributed by atoms with E-state index in [1.165, 1.54) is 0 Å². The van der Waals surface area contributed by atoms with Gasteiger partial charge in [-0.25, -0.2) is 0 Å². The molecular weight excluding hydrogens is 125 g/mol. The first-order valence-corrected chi connectivity index (χ1v) is 3.49. The third kappa shape index (κ3) is 5.67. The van der Waals surface area contributed by atoms with Crippen LogP contribution in [0, 0.1) is 5.41 Å². The Bertz CT molecular complexity index is 96.3. The highest BCUT2D eigenvalue weighted by Gasteiger charge is 2.18. The summed E-state index contributed by atoms with van der Waals surface area (Å²) in [7, 11) is 4.86. The van der Waals surface area contributed by atoms with Crippen molar-refractivity contribution in [2.45, 2.75) is 34.6 Å². The summed E-state index contributed by atoms with van der Waals surface area (Å²) >= 11 is 0. The molecule has 0 unspecified atom stereocenters. The highest BCUT2D eigenvalue weighted by Crippen LogP contribution is 2.11. The van der Waals surface area contributed by atoms with Crippen molar-refractivity contribution in [1.82, 2.24) is 5.23 Å². The van der Waals surface area contributed by atoms with Crippen molar-refractivity contribution >= 4 is 13.9 Å². The van der Waals surface area contributed by atoms with Crippen LogP contribution in [0.2, 0.25) is 0 Å². The van der Waals surface area contributed by atoms with Gasteiger partial charge in [0.05, 0.1) is 0 Å². The van der Waals surface area contributed by atoms with E-state index in [1.807, 2.05) is 13.8 Å². The van der Waals surface area contributed by atoms with E-state index in [1.54, 1.807) is 20.8 Å². The SMILES string of the molecule is CC.[B]NC(=O)C(C)(C)C. The molecule has 0 rings (SSSR count). The van der Waals surface area contributed by atoms with Gasteiger partial charge in [0.1, 0.15) is 0 Å². The monoisotopic (exact) mass is 141 g/mol. The lowest BCUT2D eigenvalue weighted by Crippen LogP contribution is -2.32. The fraction of sp³-hybridized carbons (Fsp3) is 0.857. The van der Waals surface area contributed by atoms with Gasteiger partial charge in [0, 0.05) is 5.41 Å². The molecule has 2 radical (unpaired) electrons. The first-order chi connectivity index (χ1) is 4.48. The van der Waals surface area contributed by atoms with Crippen molar-refractivity contribution in [1.29, 1.82) is 0 Å². The predicted octanol–water partition coefficient (Wildman–Crippen LogP) is 1.26. The Labute approximate surface area is 64.8 Å². The van der Waals surface area contributed by atoms with Crippen molar-refractivity contribution in [3.8, 4) is 0 Å². The number of carbonyl (C=O) groups excluding carboxylic acids is 1. The van der Waals surface area contributed by atoms with Crippen molar-refractivity contribution in [2.75, 3.05) is 0 Å². The smallest absolute Gasteiger partial charge is 0.226 e. The minimum Gasteiger partial charge on any atom is -0.409 e. The van der Waals surface area contributed by atoms with Crippen LogP contribution in [0.3, 0.4) is 0 Å². The molecule has 2 nitrogen and oxygen atoms in total. The van der Waals surface area contributed by atoms with Crippen LogP contribution in [-0.2, 0) is 4.79 Å². The van der Waals surface area contributed by atoms with Crippen LogP contribution in [0.15, 0.2) is 0 Å². The summed E-state index contributed by atoms with van der Waals surface area (Å²) in [4.78, 5) is 10.6. The van der Waals surface area contributed by atoms with Gasteiger partial charge >= 0.3 is 0 Å². The minimum absolute atomic E-state index is 0.141. The van der Waals surface area contributed by atoms with Crippen molar-refractivity contribution in [3.05, 3.63) is 0 Å². The molecule has 0 atom stereocenters. The highest BCUT2D eigenvalue weighted by molar-refractivity contribution is 6.15. The van der Waals surface area contributed by atoms with E-state index in [2.05, 4.69) is 5.23 Å². The number of nitrogens with one attached hydrogen (secondary N) is 1. The summed E-state index contributed by atoms with van der Waals surface area (Å²) in [5, 5.41) is 2.07. The second-order valence-electron chi connectivity index (χ2n) is 2.72. The standard InChI is InChI=1S/C5H10BNO.C2H6/c1-5(2,3)4(8)7-6;1-2/h1-3H3,(H,7,8);1-2H3. The molecule has 0 saturated heterocycles. The van der Waals surface area contributed by atoms with Crippen LogP contribution in [0.1, 0.15) is 34.6 Å². The Morgan fingerprint density at radius 2 is 1.60 bits per heavy atom. The molecule has 3 heteroatoms. The fourth-order valence-corrected chi connectivity index (χ4v) is 0.217. The van der Waals surface area contributed by atoms with Crippen LogP contribution in [0.4, 0.5) is 0 Å². The number of carbonyl (C=O) groups is 1. The maximum atomic E-state index is 10.6. The van der Waals surface area contributed by atoms with Crippen LogP contribution < -0.4 is 5.23 Å². The Hall–Kier alpha value is -0.465. The zero-order valence-corrected chi connectivity index (χ0v) is 7.49.